The molecule has 1 N–H and O–H groups in total. The molecule has 2 rings (SSSR count). The van der Waals surface area contributed by atoms with Gasteiger partial charge in [0, 0.05) is 0 Å². The van der Waals surface area contributed by atoms with Gasteiger partial charge in [-0.3, -0.25) is 5.43 Å². The Morgan fingerprint density at radius 1 is 0.867 bits per heavy atom. The number of methoxy groups -OCH3 is 2. The summed E-state index contributed by atoms with van der Waals surface area (Å²) in [6, 6.07) is 11.2. The van der Waals surface area contributed by atoms with Gasteiger partial charge in [0.25, 0.3) is 0 Å². The Kier molecular flexibility index (Phi) is 10.9. The fourth-order valence-electron chi connectivity index (χ4n) is 3.04. The number of benzene rings is 2. The first-order valence-corrected chi connectivity index (χ1v) is 11.0. The van der Waals surface area contributed by atoms with E-state index >= 15 is 0 Å². The molecule has 0 bridgehead atoms. The second kappa shape index (κ2) is 13.8. The molecule has 0 aromatic heterocycles. The lowest BCUT2D eigenvalue weighted by Gasteiger charge is -2.11. The molecule has 6 heteroatoms. The Bertz CT molecular complexity index is 796. The van der Waals surface area contributed by atoms with Crippen LogP contribution < -0.4 is 19.6 Å². The third kappa shape index (κ3) is 8.15. The van der Waals surface area contributed by atoms with Gasteiger partial charge in [0.15, 0.2) is 11.5 Å². The highest BCUT2D eigenvalue weighted by molar-refractivity contribution is 6.32. The summed E-state index contributed by atoms with van der Waals surface area (Å²) in [6.45, 7) is 2.95. The summed E-state index contributed by atoms with van der Waals surface area (Å²) in [7, 11) is 3.23. The van der Waals surface area contributed by atoms with Crippen LogP contribution in [-0.4, -0.2) is 27.0 Å². The summed E-state index contributed by atoms with van der Waals surface area (Å²) in [5, 5.41) is 4.79. The van der Waals surface area contributed by atoms with Crippen molar-refractivity contribution >= 4 is 23.5 Å². The van der Waals surface area contributed by atoms with Crippen LogP contribution in [0.25, 0.3) is 0 Å². The van der Waals surface area contributed by atoms with Crippen LogP contribution in [0, 0.1) is 0 Å². The van der Waals surface area contributed by atoms with Crippen molar-refractivity contribution in [1.82, 2.24) is 0 Å². The lowest BCUT2D eigenvalue weighted by atomic mass is 10.1. The average molecular weight is 433 g/mol. The molecule has 164 valence electrons. The van der Waals surface area contributed by atoms with Crippen LogP contribution in [0.15, 0.2) is 41.5 Å². The third-order valence-electron chi connectivity index (χ3n) is 4.75. The normalized spacial score (nSPS) is 10.9. The molecule has 30 heavy (non-hydrogen) atoms. The summed E-state index contributed by atoms with van der Waals surface area (Å²) in [5.41, 5.74) is 4.64. The first-order chi connectivity index (χ1) is 14.7. The molecule has 2 aromatic carbocycles. The zero-order valence-electron chi connectivity index (χ0n) is 18.2. The minimum atomic E-state index is 0.529. The van der Waals surface area contributed by atoms with Gasteiger partial charge in [-0.1, -0.05) is 57.0 Å². The molecule has 0 saturated carbocycles. The van der Waals surface area contributed by atoms with Crippen molar-refractivity contribution in [3.63, 3.8) is 0 Å². The predicted octanol–water partition coefficient (Wildman–Crippen LogP) is 6.93. The van der Waals surface area contributed by atoms with E-state index in [-0.39, 0.29) is 0 Å². The fourth-order valence-corrected chi connectivity index (χ4v) is 3.30. The van der Waals surface area contributed by atoms with E-state index in [2.05, 4.69) is 17.5 Å². The molecular weight excluding hydrogens is 400 g/mol. The Morgan fingerprint density at radius 2 is 1.57 bits per heavy atom. The number of hydrogen-bond acceptors (Lipinski definition) is 5. The number of rotatable bonds is 14. The highest BCUT2D eigenvalue weighted by Gasteiger charge is 2.05. The van der Waals surface area contributed by atoms with Crippen LogP contribution in [0.3, 0.4) is 0 Å². The monoisotopic (exact) mass is 432 g/mol. The third-order valence-corrected chi connectivity index (χ3v) is 5.05. The Morgan fingerprint density at radius 3 is 2.27 bits per heavy atom. The maximum absolute atomic E-state index is 6.12. The minimum Gasteiger partial charge on any atom is -0.495 e. The Balaban J connectivity index is 1.81. The maximum Gasteiger partial charge on any atom is 0.161 e. The molecule has 2 aromatic rings. The van der Waals surface area contributed by atoms with Gasteiger partial charge in [-0.2, -0.15) is 5.10 Å². The SMILES string of the molecule is CCCCCCCCCOc1ccc(/C=N/Nc2ccc(OC)c(Cl)c2)cc1OC. The van der Waals surface area contributed by atoms with Crippen LogP contribution in [0.1, 0.15) is 57.4 Å². The number of anilines is 1. The van der Waals surface area contributed by atoms with Crippen molar-refractivity contribution in [2.75, 3.05) is 26.3 Å². The summed E-state index contributed by atoms with van der Waals surface area (Å²) >= 11 is 6.12. The molecule has 0 amide bonds. The molecular formula is C24H33ClN2O3. The molecule has 0 unspecified atom stereocenters. The molecule has 0 saturated heterocycles. The average Bonchev–Trinajstić information content (AvgIpc) is 2.76. The predicted molar refractivity (Wildman–Crippen MR) is 126 cm³/mol. The Hall–Kier alpha value is -2.40. The summed E-state index contributed by atoms with van der Waals surface area (Å²) in [4.78, 5) is 0. The van der Waals surface area contributed by atoms with Crippen molar-refractivity contribution in [2.24, 2.45) is 5.10 Å². The molecule has 0 spiro atoms. The van der Waals surface area contributed by atoms with Crippen LogP contribution in [0.4, 0.5) is 5.69 Å². The lowest BCUT2D eigenvalue weighted by Crippen LogP contribution is -2.00. The zero-order chi connectivity index (χ0) is 21.6. The van der Waals surface area contributed by atoms with E-state index in [1.165, 1.54) is 38.5 Å². The van der Waals surface area contributed by atoms with Crippen molar-refractivity contribution in [1.29, 1.82) is 0 Å². The van der Waals surface area contributed by atoms with Gasteiger partial charge in [-0.15, -0.1) is 0 Å². The number of nitrogens with one attached hydrogen (secondary N) is 1. The van der Waals surface area contributed by atoms with Crippen molar-refractivity contribution in [3.05, 3.63) is 47.0 Å². The molecule has 0 aliphatic carbocycles. The minimum absolute atomic E-state index is 0.529. The highest BCUT2D eigenvalue weighted by Crippen LogP contribution is 2.29. The van der Waals surface area contributed by atoms with Crippen molar-refractivity contribution < 1.29 is 14.2 Å². The highest BCUT2D eigenvalue weighted by atomic mass is 35.5. The molecule has 0 aliphatic heterocycles. The zero-order valence-corrected chi connectivity index (χ0v) is 19.0. The molecule has 5 nitrogen and oxygen atoms in total. The Labute approximate surface area is 185 Å². The van der Waals surface area contributed by atoms with E-state index in [4.69, 9.17) is 25.8 Å². The second-order valence-corrected chi connectivity index (χ2v) is 7.51. The second-order valence-electron chi connectivity index (χ2n) is 7.10. The molecule has 0 fully saturated rings. The standard InChI is InChI=1S/C24H33ClN2O3/c1-4-5-6-7-8-9-10-15-30-23-13-11-19(16-24(23)29-3)18-26-27-20-12-14-22(28-2)21(25)17-20/h11-14,16-18,27H,4-10,15H2,1-3H3/b26-18+. The van der Waals surface area contributed by atoms with E-state index in [1.807, 2.05) is 24.3 Å². The van der Waals surface area contributed by atoms with E-state index < -0.39 is 0 Å². The van der Waals surface area contributed by atoms with Crippen LogP contribution >= 0.6 is 11.6 Å². The number of unbranched alkanes of at least 4 members (excludes halogenated alkanes) is 6. The number of hydrazone groups is 1. The van der Waals surface area contributed by atoms with Gasteiger partial charge in [-0.25, -0.2) is 0 Å². The molecule has 0 aliphatic rings. The van der Waals surface area contributed by atoms with Crippen LogP contribution in [0.5, 0.6) is 17.2 Å². The topological polar surface area (TPSA) is 52.1 Å². The van der Waals surface area contributed by atoms with E-state index in [9.17, 15) is 0 Å². The van der Waals surface area contributed by atoms with Crippen LogP contribution in [-0.2, 0) is 0 Å². The molecule has 0 radical (unpaired) electrons. The largest absolute Gasteiger partial charge is 0.495 e. The van der Waals surface area contributed by atoms with Crippen LogP contribution in [0.2, 0.25) is 5.02 Å². The number of hydrogen-bond donors (Lipinski definition) is 1. The van der Waals surface area contributed by atoms with Crippen molar-refractivity contribution in [2.45, 2.75) is 51.9 Å². The van der Waals surface area contributed by atoms with Gasteiger partial charge in [0.2, 0.25) is 0 Å². The smallest absolute Gasteiger partial charge is 0.161 e. The molecule has 0 heterocycles. The fraction of sp³-hybridized carbons (Fsp3) is 0.458. The number of ether oxygens (including phenoxy) is 3. The summed E-state index contributed by atoms with van der Waals surface area (Å²) < 4.78 is 16.5. The van der Waals surface area contributed by atoms with E-state index in [1.54, 1.807) is 32.6 Å². The van der Waals surface area contributed by atoms with E-state index in [0.717, 1.165) is 23.4 Å². The summed E-state index contributed by atoms with van der Waals surface area (Å²) in [6.07, 6.45) is 10.6. The quantitative estimate of drug-likeness (QED) is 0.200. The van der Waals surface area contributed by atoms with Gasteiger partial charge < -0.3 is 14.2 Å². The first kappa shape index (κ1) is 23.9. The van der Waals surface area contributed by atoms with Crippen molar-refractivity contribution in [3.8, 4) is 17.2 Å². The van der Waals surface area contributed by atoms with Gasteiger partial charge in [-0.05, 0) is 48.4 Å². The van der Waals surface area contributed by atoms with Gasteiger partial charge in [0.1, 0.15) is 5.75 Å². The number of nitrogens with zero attached hydrogens (tertiary/aromatic N) is 1. The van der Waals surface area contributed by atoms with E-state index in [0.29, 0.717) is 23.1 Å². The summed E-state index contributed by atoms with van der Waals surface area (Å²) in [5.74, 6) is 2.09. The maximum atomic E-state index is 6.12. The first-order valence-electron chi connectivity index (χ1n) is 10.6. The molecule has 0 atom stereocenters. The lowest BCUT2D eigenvalue weighted by molar-refractivity contribution is 0.284. The van der Waals surface area contributed by atoms with Gasteiger partial charge in [0.05, 0.1) is 37.8 Å². The number of halogens is 1. The van der Waals surface area contributed by atoms with Gasteiger partial charge >= 0.3 is 0 Å².